The van der Waals surface area contributed by atoms with E-state index in [2.05, 4.69) is 5.32 Å². The van der Waals surface area contributed by atoms with Crippen molar-refractivity contribution in [3.63, 3.8) is 0 Å². The van der Waals surface area contributed by atoms with Crippen LogP contribution in [0.3, 0.4) is 0 Å². The van der Waals surface area contributed by atoms with Crippen LogP contribution in [0.4, 0.5) is 5.69 Å². The van der Waals surface area contributed by atoms with E-state index < -0.39 is 6.10 Å². The van der Waals surface area contributed by atoms with Gasteiger partial charge in [-0.1, -0.05) is 19.1 Å². The number of hydrogen-bond donors (Lipinski definition) is 2. The summed E-state index contributed by atoms with van der Waals surface area (Å²) in [7, 11) is 0. The smallest absolute Gasteiger partial charge is 0.224 e. The summed E-state index contributed by atoms with van der Waals surface area (Å²) >= 11 is 0. The summed E-state index contributed by atoms with van der Waals surface area (Å²) in [6, 6.07) is 5.74. The second-order valence-corrected chi connectivity index (χ2v) is 3.89. The van der Waals surface area contributed by atoms with E-state index in [0.29, 0.717) is 12.8 Å². The lowest BCUT2D eigenvalue weighted by Gasteiger charge is -2.18. The molecule has 15 heavy (non-hydrogen) atoms. The molecule has 0 saturated carbocycles. The van der Waals surface area contributed by atoms with Gasteiger partial charge in [-0.15, -0.1) is 0 Å². The van der Waals surface area contributed by atoms with Gasteiger partial charge in [-0.05, 0) is 30.0 Å². The summed E-state index contributed by atoms with van der Waals surface area (Å²) in [4.78, 5) is 11.1. The van der Waals surface area contributed by atoms with Crippen LogP contribution in [0.25, 0.3) is 0 Å². The van der Waals surface area contributed by atoms with Crippen LogP contribution in [0.5, 0.6) is 0 Å². The minimum Gasteiger partial charge on any atom is -0.388 e. The normalized spacial score (nSPS) is 16.8. The Hall–Kier alpha value is -1.35. The van der Waals surface area contributed by atoms with Gasteiger partial charge in [0.25, 0.3) is 0 Å². The van der Waals surface area contributed by atoms with Gasteiger partial charge in [0.05, 0.1) is 6.10 Å². The molecule has 3 nitrogen and oxygen atoms in total. The van der Waals surface area contributed by atoms with Crippen molar-refractivity contribution in [1.29, 1.82) is 0 Å². The van der Waals surface area contributed by atoms with E-state index in [1.807, 2.05) is 25.1 Å². The van der Waals surface area contributed by atoms with Gasteiger partial charge in [-0.2, -0.15) is 0 Å². The van der Waals surface area contributed by atoms with Gasteiger partial charge in [-0.25, -0.2) is 0 Å². The number of carbonyl (C=O) groups excluding carboxylic acids is 1. The van der Waals surface area contributed by atoms with Crippen molar-refractivity contribution in [2.45, 2.75) is 32.3 Å². The van der Waals surface area contributed by atoms with Crippen LogP contribution < -0.4 is 5.32 Å². The Morgan fingerprint density at radius 2 is 2.27 bits per heavy atom. The SMILES string of the molecule is CC[C@@H](O)c1ccc2c(c1)CCC(=O)N2. The molecule has 3 heteroatoms. The fourth-order valence-electron chi connectivity index (χ4n) is 1.85. The molecule has 1 amide bonds. The number of aliphatic hydroxyl groups excluding tert-OH is 1. The maximum atomic E-state index is 11.1. The molecule has 1 heterocycles. The van der Waals surface area contributed by atoms with Gasteiger partial charge in [0, 0.05) is 12.1 Å². The van der Waals surface area contributed by atoms with Crippen LogP contribution in [0.15, 0.2) is 18.2 Å². The van der Waals surface area contributed by atoms with E-state index in [-0.39, 0.29) is 5.91 Å². The average molecular weight is 205 g/mol. The number of anilines is 1. The number of hydrogen-bond acceptors (Lipinski definition) is 2. The third kappa shape index (κ3) is 2.02. The van der Waals surface area contributed by atoms with Crippen molar-refractivity contribution in [3.05, 3.63) is 29.3 Å². The molecule has 0 fully saturated rings. The Bertz CT molecular complexity index is 387. The lowest BCUT2D eigenvalue weighted by atomic mass is 9.97. The maximum Gasteiger partial charge on any atom is 0.224 e. The average Bonchev–Trinajstić information content (AvgIpc) is 2.27. The van der Waals surface area contributed by atoms with Gasteiger partial charge < -0.3 is 10.4 Å². The van der Waals surface area contributed by atoms with E-state index >= 15 is 0 Å². The Morgan fingerprint density at radius 1 is 1.47 bits per heavy atom. The topological polar surface area (TPSA) is 49.3 Å². The zero-order valence-corrected chi connectivity index (χ0v) is 8.79. The van der Waals surface area contributed by atoms with E-state index in [1.54, 1.807) is 0 Å². The lowest BCUT2D eigenvalue weighted by Crippen LogP contribution is -2.19. The zero-order valence-electron chi connectivity index (χ0n) is 8.79. The highest BCUT2D eigenvalue weighted by atomic mass is 16.3. The highest BCUT2D eigenvalue weighted by Gasteiger charge is 2.16. The van der Waals surface area contributed by atoms with Gasteiger partial charge in [0.1, 0.15) is 0 Å². The van der Waals surface area contributed by atoms with E-state index in [1.165, 1.54) is 0 Å². The third-order valence-electron chi connectivity index (χ3n) is 2.80. The zero-order chi connectivity index (χ0) is 10.8. The van der Waals surface area contributed by atoms with E-state index in [0.717, 1.165) is 23.2 Å². The first-order valence-corrected chi connectivity index (χ1v) is 5.31. The van der Waals surface area contributed by atoms with E-state index in [4.69, 9.17) is 0 Å². The summed E-state index contributed by atoms with van der Waals surface area (Å²) < 4.78 is 0. The number of amides is 1. The van der Waals surface area contributed by atoms with Gasteiger partial charge in [0.15, 0.2) is 0 Å². The first kappa shape index (κ1) is 10.2. The third-order valence-corrected chi connectivity index (χ3v) is 2.80. The van der Waals surface area contributed by atoms with Crippen molar-refractivity contribution < 1.29 is 9.90 Å². The molecule has 0 saturated heterocycles. The van der Waals surface area contributed by atoms with Crippen LogP contribution in [-0.2, 0) is 11.2 Å². The molecule has 80 valence electrons. The van der Waals surface area contributed by atoms with Crippen LogP contribution >= 0.6 is 0 Å². The van der Waals surface area contributed by atoms with Crippen LogP contribution in [0, 0.1) is 0 Å². The van der Waals surface area contributed by atoms with Crippen LogP contribution in [0.1, 0.15) is 37.0 Å². The summed E-state index contributed by atoms with van der Waals surface area (Å²) in [5, 5.41) is 12.5. The highest BCUT2D eigenvalue weighted by Crippen LogP contribution is 2.26. The van der Waals surface area contributed by atoms with Crippen molar-refractivity contribution in [2.75, 3.05) is 5.32 Å². The quantitative estimate of drug-likeness (QED) is 0.776. The molecule has 2 N–H and O–H groups in total. The number of rotatable bonds is 2. The summed E-state index contributed by atoms with van der Waals surface area (Å²) in [5.74, 6) is 0.0753. The molecule has 0 bridgehead atoms. The maximum absolute atomic E-state index is 11.1. The van der Waals surface area contributed by atoms with Crippen molar-refractivity contribution in [3.8, 4) is 0 Å². The molecule has 0 aliphatic carbocycles. The summed E-state index contributed by atoms with van der Waals surface area (Å²) in [5.41, 5.74) is 2.95. The Labute approximate surface area is 89.1 Å². The standard InChI is InChI=1S/C12H15NO2/c1-2-11(14)9-3-5-10-8(7-9)4-6-12(15)13-10/h3,5,7,11,14H,2,4,6H2,1H3,(H,13,15)/t11-/m1/s1. The number of fused-ring (bicyclic) bond motifs is 1. The fourth-order valence-corrected chi connectivity index (χ4v) is 1.85. The molecule has 0 unspecified atom stereocenters. The predicted molar refractivity (Wildman–Crippen MR) is 58.6 cm³/mol. The fraction of sp³-hybridized carbons (Fsp3) is 0.417. The monoisotopic (exact) mass is 205 g/mol. The van der Waals surface area contributed by atoms with E-state index in [9.17, 15) is 9.90 Å². The second-order valence-electron chi connectivity index (χ2n) is 3.89. The van der Waals surface area contributed by atoms with Crippen molar-refractivity contribution in [2.24, 2.45) is 0 Å². The number of nitrogens with one attached hydrogen (secondary N) is 1. The predicted octanol–water partition coefficient (Wildman–Crippen LogP) is 2.01. The molecule has 0 spiro atoms. The molecule has 0 aromatic heterocycles. The lowest BCUT2D eigenvalue weighted by molar-refractivity contribution is -0.116. The number of aryl methyl sites for hydroxylation is 1. The van der Waals surface area contributed by atoms with Crippen molar-refractivity contribution in [1.82, 2.24) is 0 Å². The molecular weight excluding hydrogens is 190 g/mol. The molecular formula is C12H15NO2. The molecule has 1 aromatic carbocycles. The Kier molecular flexibility index (Phi) is 2.73. The number of benzene rings is 1. The molecule has 1 aliphatic rings. The van der Waals surface area contributed by atoms with Gasteiger partial charge in [-0.3, -0.25) is 4.79 Å². The van der Waals surface area contributed by atoms with Crippen LogP contribution in [0.2, 0.25) is 0 Å². The molecule has 1 atom stereocenters. The molecule has 1 aliphatic heterocycles. The first-order valence-electron chi connectivity index (χ1n) is 5.31. The van der Waals surface area contributed by atoms with Gasteiger partial charge in [0.2, 0.25) is 5.91 Å². The number of carbonyl (C=O) groups is 1. The largest absolute Gasteiger partial charge is 0.388 e. The highest BCUT2D eigenvalue weighted by molar-refractivity contribution is 5.93. The Morgan fingerprint density at radius 3 is 3.00 bits per heavy atom. The minimum atomic E-state index is -0.395. The Balaban J connectivity index is 2.30. The molecule has 0 radical (unpaired) electrons. The van der Waals surface area contributed by atoms with Gasteiger partial charge >= 0.3 is 0 Å². The molecule has 2 rings (SSSR count). The summed E-state index contributed by atoms with van der Waals surface area (Å²) in [6.07, 6.45) is 1.63. The minimum absolute atomic E-state index is 0.0753. The first-order chi connectivity index (χ1) is 7.20. The number of aliphatic hydroxyl groups is 1. The van der Waals surface area contributed by atoms with Crippen LogP contribution in [-0.4, -0.2) is 11.0 Å². The molecule has 1 aromatic rings. The van der Waals surface area contributed by atoms with Crippen molar-refractivity contribution >= 4 is 11.6 Å². The second kappa shape index (κ2) is 4.03. The summed E-state index contributed by atoms with van der Waals surface area (Å²) in [6.45, 7) is 1.95.